The molecule has 1 unspecified atom stereocenters. The van der Waals surface area contributed by atoms with E-state index in [0.29, 0.717) is 18.1 Å². The zero-order valence-corrected chi connectivity index (χ0v) is 22.0. The van der Waals surface area contributed by atoms with Crippen molar-refractivity contribution in [2.24, 2.45) is 23.7 Å². The molecule has 2 aliphatic rings. The lowest BCUT2D eigenvalue weighted by atomic mass is 9.67. The summed E-state index contributed by atoms with van der Waals surface area (Å²) in [6, 6.07) is 4.94. The van der Waals surface area contributed by atoms with E-state index in [-0.39, 0.29) is 11.8 Å². The Morgan fingerprint density at radius 3 is 2.41 bits per heavy atom. The number of aryl methyl sites for hydroxylation is 1. The molecule has 1 aromatic carbocycles. The maximum Gasteiger partial charge on any atom is 0.311 e. The minimum Gasteiger partial charge on any atom is -0.426 e. The molecule has 0 N–H and O–H groups in total. The first kappa shape index (κ1) is 27.2. The zero-order valence-electron chi connectivity index (χ0n) is 22.0. The first-order valence-electron chi connectivity index (χ1n) is 14.6. The van der Waals surface area contributed by atoms with Gasteiger partial charge in [-0.3, -0.25) is 4.79 Å². The van der Waals surface area contributed by atoms with Crippen molar-refractivity contribution in [1.82, 2.24) is 0 Å². The molecule has 34 heavy (non-hydrogen) atoms. The van der Waals surface area contributed by atoms with Crippen LogP contribution in [-0.2, 0) is 11.2 Å². The van der Waals surface area contributed by atoms with E-state index in [0.717, 1.165) is 49.0 Å². The van der Waals surface area contributed by atoms with Gasteiger partial charge in [0, 0.05) is 12.5 Å². The molecule has 2 aliphatic carbocycles. The number of hydrogen-bond donors (Lipinski definition) is 0. The van der Waals surface area contributed by atoms with E-state index in [1.54, 1.807) is 12.1 Å². The number of esters is 1. The van der Waals surface area contributed by atoms with Gasteiger partial charge in [-0.05, 0) is 73.8 Å². The van der Waals surface area contributed by atoms with Crippen molar-refractivity contribution in [2.75, 3.05) is 0 Å². The molecule has 2 nitrogen and oxygen atoms in total. The Labute approximate surface area is 208 Å². The second kappa shape index (κ2) is 14.9. The summed E-state index contributed by atoms with van der Waals surface area (Å²) in [6.45, 7) is 4.51. The monoisotopic (exact) mass is 472 g/mol. The molecule has 0 aliphatic heterocycles. The summed E-state index contributed by atoms with van der Waals surface area (Å²) in [7, 11) is 0. The Bertz CT molecular complexity index is 722. The second-order valence-corrected chi connectivity index (χ2v) is 11.3. The third-order valence-electron chi connectivity index (χ3n) is 8.64. The molecule has 0 aromatic heterocycles. The molecule has 0 saturated heterocycles. The van der Waals surface area contributed by atoms with Gasteiger partial charge in [-0.2, -0.15) is 0 Å². The average molecular weight is 473 g/mol. The highest BCUT2D eigenvalue weighted by Crippen LogP contribution is 2.43. The highest BCUT2D eigenvalue weighted by molar-refractivity contribution is 5.72. The SMILES string of the molecule is CCCCCCCc1ccc(OC(=O)CCC2CCC[C@H](C3CCC(CCC)CC3)C2)cc1F. The van der Waals surface area contributed by atoms with Crippen LogP contribution < -0.4 is 4.74 Å². The minimum atomic E-state index is -0.246. The topological polar surface area (TPSA) is 26.3 Å². The fraction of sp³-hybridized carbons (Fsp3) is 0.774. The predicted octanol–water partition coefficient (Wildman–Crippen LogP) is 9.44. The number of hydrogen-bond acceptors (Lipinski definition) is 2. The fourth-order valence-electron chi connectivity index (χ4n) is 6.60. The Morgan fingerprint density at radius 2 is 1.68 bits per heavy atom. The van der Waals surface area contributed by atoms with Gasteiger partial charge in [0.15, 0.2) is 0 Å². The van der Waals surface area contributed by atoms with Crippen LogP contribution in [0.15, 0.2) is 18.2 Å². The molecule has 192 valence electrons. The summed E-state index contributed by atoms with van der Waals surface area (Å²) >= 11 is 0. The standard InChI is InChI=1S/C31H49FO2/c1-3-5-6-7-8-12-27-19-20-29(23-30(27)32)34-31(33)21-16-25-11-9-13-28(22-25)26-17-14-24(10-4-2)15-18-26/h19-20,23-26,28H,3-18,21-22H2,1-2H3/t24?,25?,26?,28-/m0/s1. The van der Waals surface area contributed by atoms with Crippen LogP contribution in [0.5, 0.6) is 5.75 Å². The van der Waals surface area contributed by atoms with E-state index in [1.807, 2.05) is 0 Å². The van der Waals surface area contributed by atoms with Gasteiger partial charge in [0.05, 0.1) is 0 Å². The van der Waals surface area contributed by atoms with Gasteiger partial charge < -0.3 is 4.74 Å². The van der Waals surface area contributed by atoms with Crippen molar-refractivity contribution >= 4 is 5.97 Å². The summed E-state index contributed by atoms with van der Waals surface area (Å²) in [5.41, 5.74) is 0.730. The van der Waals surface area contributed by atoms with Gasteiger partial charge in [-0.25, -0.2) is 4.39 Å². The largest absolute Gasteiger partial charge is 0.426 e. The van der Waals surface area contributed by atoms with Crippen LogP contribution >= 0.6 is 0 Å². The molecule has 3 heteroatoms. The van der Waals surface area contributed by atoms with Gasteiger partial charge in [-0.1, -0.05) is 90.5 Å². The van der Waals surface area contributed by atoms with Crippen molar-refractivity contribution in [2.45, 2.75) is 129 Å². The van der Waals surface area contributed by atoms with Crippen molar-refractivity contribution in [1.29, 1.82) is 0 Å². The molecule has 0 radical (unpaired) electrons. The second-order valence-electron chi connectivity index (χ2n) is 11.3. The molecule has 3 rings (SSSR count). The van der Waals surface area contributed by atoms with E-state index >= 15 is 0 Å². The Kier molecular flexibility index (Phi) is 11.9. The predicted molar refractivity (Wildman–Crippen MR) is 140 cm³/mol. The maximum atomic E-state index is 14.4. The van der Waals surface area contributed by atoms with Crippen LogP contribution in [0.1, 0.15) is 129 Å². The van der Waals surface area contributed by atoms with Gasteiger partial charge in [-0.15, -0.1) is 0 Å². The van der Waals surface area contributed by atoms with Gasteiger partial charge >= 0.3 is 5.97 Å². The van der Waals surface area contributed by atoms with E-state index in [9.17, 15) is 9.18 Å². The van der Waals surface area contributed by atoms with Crippen molar-refractivity contribution in [3.63, 3.8) is 0 Å². The summed E-state index contributed by atoms with van der Waals surface area (Å²) in [6.07, 6.45) is 21.6. The third-order valence-corrected chi connectivity index (χ3v) is 8.64. The van der Waals surface area contributed by atoms with Crippen LogP contribution in [0.4, 0.5) is 4.39 Å². The molecular weight excluding hydrogens is 423 g/mol. The Hall–Kier alpha value is -1.38. The Balaban J connectivity index is 1.37. The number of carbonyl (C=O) groups excluding carboxylic acids is 1. The van der Waals surface area contributed by atoms with Gasteiger partial charge in [0.2, 0.25) is 0 Å². The third kappa shape index (κ3) is 9.00. The van der Waals surface area contributed by atoms with Crippen molar-refractivity contribution in [3.8, 4) is 5.75 Å². The number of ether oxygens (including phenoxy) is 1. The van der Waals surface area contributed by atoms with E-state index in [1.165, 1.54) is 89.5 Å². The quantitative estimate of drug-likeness (QED) is 0.162. The number of rotatable bonds is 13. The molecule has 0 amide bonds. The fourth-order valence-corrected chi connectivity index (χ4v) is 6.60. The number of unbranched alkanes of at least 4 members (excludes halogenated alkanes) is 4. The summed E-state index contributed by atoms with van der Waals surface area (Å²) < 4.78 is 19.9. The van der Waals surface area contributed by atoms with Crippen LogP contribution in [0, 0.1) is 29.5 Å². The first-order chi connectivity index (χ1) is 16.6. The lowest BCUT2D eigenvalue weighted by molar-refractivity contribution is -0.134. The zero-order chi connectivity index (χ0) is 24.2. The molecular formula is C31H49FO2. The Morgan fingerprint density at radius 1 is 0.882 bits per heavy atom. The van der Waals surface area contributed by atoms with Crippen molar-refractivity contribution < 1.29 is 13.9 Å². The highest BCUT2D eigenvalue weighted by atomic mass is 19.1. The maximum absolute atomic E-state index is 14.4. The van der Waals surface area contributed by atoms with E-state index in [4.69, 9.17) is 4.74 Å². The summed E-state index contributed by atoms with van der Waals surface area (Å²) in [5, 5.41) is 0. The number of halogens is 1. The first-order valence-corrected chi connectivity index (χ1v) is 14.6. The van der Waals surface area contributed by atoms with Crippen LogP contribution in [0.3, 0.4) is 0 Å². The smallest absolute Gasteiger partial charge is 0.311 e. The molecule has 0 bridgehead atoms. The highest BCUT2D eigenvalue weighted by Gasteiger charge is 2.31. The molecule has 2 atom stereocenters. The molecule has 0 spiro atoms. The average Bonchev–Trinajstić information content (AvgIpc) is 2.85. The van der Waals surface area contributed by atoms with Crippen LogP contribution in [0.2, 0.25) is 0 Å². The molecule has 2 fully saturated rings. The van der Waals surface area contributed by atoms with Crippen LogP contribution in [-0.4, -0.2) is 5.97 Å². The van der Waals surface area contributed by atoms with Crippen molar-refractivity contribution in [3.05, 3.63) is 29.6 Å². The molecule has 2 saturated carbocycles. The number of benzene rings is 1. The van der Waals surface area contributed by atoms with E-state index in [2.05, 4.69) is 13.8 Å². The minimum absolute atomic E-state index is 0.214. The summed E-state index contributed by atoms with van der Waals surface area (Å²) in [4.78, 5) is 12.5. The number of carbonyl (C=O) groups is 1. The lowest BCUT2D eigenvalue weighted by Crippen LogP contribution is -2.27. The van der Waals surface area contributed by atoms with E-state index < -0.39 is 0 Å². The van der Waals surface area contributed by atoms with Gasteiger partial charge in [0.1, 0.15) is 11.6 Å². The molecule has 0 heterocycles. The summed E-state index contributed by atoms with van der Waals surface area (Å²) in [5.74, 6) is 3.28. The lowest BCUT2D eigenvalue weighted by Gasteiger charge is -2.38. The van der Waals surface area contributed by atoms with Gasteiger partial charge in [0.25, 0.3) is 0 Å². The molecule has 1 aromatic rings. The van der Waals surface area contributed by atoms with Crippen LogP contribution in [0.25, 0.3) is 0 Å². The normalized spacial score (nSPS) is 25.3.